The van der Waals surface area contributed by atoms with Crippen LogP contribution < -0.4 is 9.47 Å². The molecule has 1 aromatic rings. The van der Waals surface area contributed by atoms with Crippen LogP contribution in [0.3, 0.4) is 0 Å². The van der Waals surface area contributed by atoms with Crippen LogP contribution in [0.5, 0.6) is 11.5 Å². The van der Waals surface area contributed by atoms with Gasteiger partial charge in [0.1, 0.15) is 29.8 Å². The normalized spacial score (nSPS) is 29.4. The number of aliphatic hydroxyl groups excluding tert-OH is 3. The van der Waals surface area contributed by atoms with Crippen molar-refractivity contribution in [3.8, 4) is 11.5 Å². The molecule has 6 nitrogen and oxygen atoms in total. The maximum absolute atomic E-state index is 10.0. The number of unbranched alkanes of at least 4 members (excludes halogenated alkanes) is 3. The summed E-state index contributed by atoms with van der Waals surface area (Å²) in [6.45, 7) is 2.86. The van der Waals surface area contributed by atoms with Crippen LogP contribution in [-0.4, -0.2) is 57.1 Å². The highest BCUT2D eigenvalue weighted by atomic mass is 127. The number of aliphatic hydroxyl groups is 3. The average molecular weight is 466 g/mol. The van der Waals surface area contributed by atoms with Gasteiger partial charge in [0.05, 0.1) is 12.7 Å². The molecule has 0 aliphatic carbocycles. The molecule has 3 N–H and O–H groups in total. The molecule has 0 radical (unpaired) electrons. The van der Waals surface area contributed by atoms with E-state index in [-0.39, 0.29) is 0 Å². The molecule has 1 aliphatic heterocycles. The Balaban J connectivity index is 1.85. The van der Waals surface area contributed by atoms with Crippen LogP contribution in [0.25, 0.3) is 0 Å². The molecule has 0 aromatic heterocycles. The van der Waals surface area contributed by atoms with Crippen molar-refractivity contribution in [3.05, 3.63) is 24.3 Å². The first-order valence-electron chi connectivity index (χ1n) is 8.72. The Bertz CT molecular complexity index is 495. The summed E-state index contributed by atoms with van der Waals surface area (Å²) in [6.07, 6.45) is -0.742. The third-order valence-electron chi connectivity index (χ3n) is 4.16. The van der Waals surface area contributed by atoms with Crippen molar-refractivity contribution in [2.75, 3.05) is 11.0 Å². The molecule has 7 heteroatoms. The molecule has 25 heavy (non-hydrogen) atoms. The van der Waals surface area contributed by atoms with Gasteiger partial charge in [0, 0.05) is 4.43 Å². The number of halogens is 1. The van der Waals surface area contributed by atoms with E-state index in [1.165, 1.54) is 19.3 Å². The smallest absolute Gasteiger partial charge is 0.229 e. The summed E-state index contributed by atoms with van der Waals surface area (Å²) in [5.74, 6) is 1.26. The highest BCUT2D eigenvalue weighted by molar-refractivity contribution is 14.1. The second kappa shape index (κ2) is 10.5. The van der Waals surface area contributed by atoms with Gasteiger partial charge < -0.3 is 29.5 Å². The summed E-state index contributed by atoms with van der Waals surface area (Å²) in [6, 6.07) is 7.05. The minimum atomic E-state index is -1.32. The SMILES string of the molecule is CCCCCCOc1ccc(O[C@@H]2O[C@H](CI)[C@H](O)[C@@H](O)[C@@H]2O)cc1. The van der Waals surface area contributed by atoms with Crippen molar-refractivity contribution in [1.29, 1.82) is 0 Å². The lowest BCUT2D eigenvalue weighted by Gasteiger charge is -2.39. The number of hydrogen-bond acceptors (Lipinski definition) is 6. The molecule has 1 heterocycles. The minimum absolute atomic E-state index is 0.480. The predicted octanol–water partition coefficient (Wildman–Crippen LogP) is 2.27. The van der Waals surface area contributed by atoms with Crippen LogP contribution >= 0.6 is 22.6 Å². The first kappa shape index (κ1) is 20.7. The largest absolute Gasteiger partial charge is 0.494 e. The molecule has 2 rings (SSSR count). The zero-order chi connectivity index (χ0) is 18.2. The minimum Gasteiger partial charge on any atom is -0.494 e. The number of ether oxygens (including phenoxy) is 3. The number of alkyl halides is 1. The van der Waals surface area contributed by atoms with Crippen molar-refractivity contribution >= 4 is 22.6 Å². The van der Waals surface area contributed by atoms with Crippen LogP contribution in [0.15, 0.2) is 24.3 Å². The van der Waals surface area contributed by atoms with Crippen LogP contribution in [-0.2, 0) is 4.74 Å². The standard InChI is InChI=1S/C18H27IO6/c1-2-3-4-5-10-23-12-6-8-13(9-7-12)24-18-17(22)16(21)15(20)14(11-19)25-18/h6-9,14-18,20-22H,2-5,10-11H2,1H3/t14-,15+,16-,17+,18-/m1/s1. The average Bonchev–Trinajstić information content (AvgIpc) is 2.63. The predicted molar refractivity (Wildman–Crippen MR) is 102 cm³/mol. The lowest BCUT2D eigenvalue weighted by atomic mass is 10.00. The van der Waals surface area contributed by atoms with Gasteiger partial charge >= 0.3 is 0 Å². The molecular weight excluding hydrogens is 439 g/mol. The lowest BCUT2D eigenvalue weighted by Crippen LogP contribution is -2.59. The fourth-order valence-corrected chi connectivity index (χ4v) is 3.34. The van der Waals surface area contributed by atoms with E-state index in [1.807, 2.05) is 0 Å². The molecule has 142 valence electrons. The van der Waals surface area contributed by atoms with E-state index in [9.17, 15) is 15.3 Å². The number of hydrogen-bond donors (Lipinski definition) is 3. The molecule has 1 aliphatic rings. The highest BCUT2D eigenvalue weighted by Crippen LogP contribution is 2.26. The van der Waals surface area contributed by atoms with Gasteiger partial charge in [-0.05, 0) is 30.7 Å². The molecule has 0 saturated carbocycles. The van der Waals surface area contributed by atoms with E-state index in [0.29, 0.717) is 16.8 Å². The fraction of sp³-hybridized carbons (Fsp3) is 0.667. The van der Waals surface area contributed by atoms with E-state index in [0.717, 1.165) is 12.2 Å². The van der Waals surface area contributed by atoms with Crippen molar-refractivity contribution in [2.24, 2.45) is 0 Å². The van der Waals surface area contributed by atoms with Gasteiger partial charge in [0.2, 0.25) is 6.29 Å². The van der Waals surface area contributed by atoms with Gasteiger partial charge in [-0.15, -0.1) is 0 Å². The monoisotopic (exact) mass is 466 g/mol. The number of benzene rings is 1. The Hall–Kier alpha value is -0.610. The Morgan fingerprint density at radius 1 is 0.960 bits per heavy atom. The molecule has 0 unspecified atom stereocenters. The number of rotatable bonds is 9. The topological polar surface area (TPSA) is 88.4 Å². The van der Waals surface area contributed by atoms with Crippen LogP contribution in [0.2, 0.25) is 0 Å². The first-order chi connectivity index (χ1) is 12.1. The van der Waals surface area contributed by atoms with Gasteiger partial charge in [0.25, 0.3) is 0 Å². The fourth-order valence-electron chi connectivity index (χ4n) is 2.61. The van der Waals surface area contributed by atoms with Crippen molar-refractivity contribution < 1.29 is 29.5 Å². The van der Waals surface area contributed by atoms with E-state index < -0.39 is 30.7 Å². The highest BCUT2D eigenvalue weighted by Gasteiger charge is 2.44. The van der Waals surface area contributed by atoms with E-state index >= 15 is 0 Å². The molecule has 0 bridgehead atoms. The molecule has 1 saturated heterocycles. The zero-order valence-corrected chi connectivity index (χ0v) is 16.5. The second-order valence-corrected chi connectivity index (χ2v) is 7.05. The third kappa shape index (κ3) is 5.96. The van der Waals surface area contributed by atoms with Crippen LogP contribution in [0, 0.1) is 0 Å². The third-order valence-corrected chi connectivity index (χ3v) is 5.03. The molecule has 1 aromatic carbocycles. The molecule has 1 fully saturated rings. The first-order valence-corrected chi connectivity index (χ1v) is 10.2. The second-order valence-electron chi connectivity index (χ2n) is 6.17. The lowest BCUT2D eigenvalue weighted by molar-refractivity contribution is -0.266. The molecule has 5 atom stereocenters. The Kier molecular flexibility index (Phi) is 8.71. The molecular formula is C18H27IO6. The quantitative estimate of drug-likeness (QED) is 0.294. The van der Waals surface area contributed by atoms with E-state index in [1.54, 1.807) is 24.3 Å². The molecule has 0 spiro atoms. The summed E-state index contributed by atoms with van der Waals surface area (Å²) in [7, 11) is 0. The van der Waals surface area contributed by atoms with E-state index in [4.69, 9.17) is 14.2 Å². The van der Waals surface area contributed by atoms with Gasteiger partial charge in [-0.3, -0.25) is 0 Å². The summed E-state index contributed by atoms with van der Waals surface area (Å²) in [5.41, 5.74) is 0. The Morgan fingerprint density at radius 3 is 2.28 bits per heavy atom. The zero-order valence-electron chi connectivity index (χ0n) is 14.4. The summed E-state index contributed by atoms with van der Waals surface area (Å²) < 4.78 is 17.3. The van der Waals surface area contributed by atoms with Crippen LogP contribution in [0.1, 0.15) is 32.6 Å². The van der Waals surface area contributed by atoms with Crippen molar-refractivity contribution in [2.45, 2.75) is 63.3 Å². The van der Waals surface area contributed by atoms with Gasteiger partial charge in [-0.25, -0.2) is 0 Å². The van der Waals surface area contributed by atoms with Crippen molar-refractivity contribution in [3.63, 3.8) is 0 Å². The Labute approximate surface area is 162 Å². The maximum Gasteiger partial charge on any atom is 0.229 e. The van der Waals surface area contributed by atoms with Gasteiger partial charge in [-0.2, -0.15) is 0 Å². The molecule has 0 amide bonds. The van der Waals surface area contributed by atoms with Crippen LogP contribution in [0.4, 0.5) is 0 Å². The van der Waals surface area contributed by atoms with Crippen molar-refractivity contribution in [1.82, 2.24) is 0 Å². The Morgan fingerprint density at radius 2 is 1.64 bits per heavy atom. The van der Waals surface area contributed by atoms with Gasteiger partial charge in [0.15, 0.2) is 0 Å². The summed E-state index contributed by atoms with van der Waals surface area (Å²) in [5, 5.41) is 29.8. The summed E-state index contributed by atoms with van der Waals surface area (Å²) in [4.78, 5) is 0. The van der Waals surface area contributed by atoms with E-state index in [2.05, 4.69) is 29.5 Å². The summed E-state index contributed by atoms with van der Waals surface area (Å²) >= 11 is 2.06. The van der Waals surface area contributed by atoms with Gasteiger partial charge in [-0.1, -0.05) is 48.8 Å². The maximum atomic E-state index is 10.0.